The molecule has 0 heterocycles. The third-order valence-corrected chi connectivity index (χ3v) is 3.63. The van der Waals surface area contributed by atoms with Gasteiger partial charge in [0.1, 0.15) is 0 Å². The molecule has 0 aromatic rings. The lowest BCUT2D eigenvalue weighted by Crippen LogP contribution is -2.50. The second-order valence-electron chi connectivity index (χ2n) is 4.80. The van der Waals surface area contributed by atoms with Gasteiger partial charge in [-0.2, -0.15) is 0 Å². The van der Waals surface area contributed by atoms with Crippen molar-refractivity contribution in [2.45, 2.75) is 57.5 Å². The molecule has 16 heavy (non-hydrogen) atoms. The lowest BCUT2D eigenvalue weighted by atomic mass is 9.88. The highest BCUT2D eigenvalue weighted by atomic mass is 16.4. The number of nitrogens with one attached hydrogen (secondary N) is 2. The van der Waals surface area contributed by atoms with Gasteiger partial charge in [-0.15, -0.1) is 0 Å². The van der Waals surface area contributed by atoms with Gasteiger partial charge in [0.05, 0.1) is 0 Å². The van der Waals surface area contributed by atoms with Gasteiger partial charge in [0.25, 0.3) is 0 Å². The average molecular weight is 228 g/mol. The van der Waals surface area contributed by atoms with Crippen LogP contribution in [0.4, 0.5) is 4.79 Å². The van der Waals surface area contributed by atoms with E-state index in [1.165, 1.54) is 38.5 Å². The van der Waals surface area contributed by atoms with E-state index in [9.17, 15) is 4.79 Å². The van der Waals surface area contributed by atoms with Gasteiger partial charge in [-0.3, -0.25) is 0 Å². The van der Waals surface area contributed by atoms with Crippen LogP contribution in [0.2, 0.25) is 0 Å². The Labute approximate surface area is 97.8 Å². The molecule has 0 bridgehead atoms. The van der Waals surface area contributed by atoms with Crippen molar-refractivity contribution in [1.29, 1.82) is 0 Å². The number of rotatable bonds is 4. The monoisotopic (exact) mass is 228 g/mol. The quantitative estimate of drug-likeness (QED) is 0.646. The minimum absolute atomic E-state index is 0.0226. The predicted molar refractivity (Wildman–Crippen MR) is 64.7 cm³/mol. The van der Waals surface area contributed by atoms with Crippen molar-refractivity contribution in [3.63, 3.8) is 0 Å². The molecule has 1 amide bonds. The number of hydrogen-bond donors (Lipinski definition) is 3. The summed E-state index contributed by atoms with van der Waals surface area (Å²) in [5, 5.41) is 14.6. The van der Waals surface area contributed by atoms with Crippen LogP contribution < -0.4 is 10.6 Å². The Bertz CT molecular complexity index is 213. The van der Waals surface area contributed by atoms with Crippen molar-refractivity contribution < 1.29 is 9.90 Å². The molecule has 1 aliphatic carbocycles. The molecule has 4 nitrogen and oxygen atoms in total. The molecule has 2 unspecified atom stereocenters. The summed E-state index contributed by atoms with van der Waals surface area (Å²) in [5.74, 6) is 0.606. The normalized spacial score (nSPS) is 22.1. The Balaban J connectivity index is 2.53. The summed E-state index contributed by atoms with van der Waals surface area (Å²) >= 11 is 0. The number of hydrogen-bond acceptors (Lipinski definition) is 2. The molecule has 3 N–H and O–H groups in total. The van der Waals surface area contributed by atoms with Crippen LogP contribution in [-0.4, -0.2) is 30.3 Å². The third kappa shape index (κ3) is 4.00. The van der Waals surface area contributed by atoms with Crippen LogP contribution in [0.3, 0.4) is 0 Å². The van der Waals surface area contributed by atoms with E-state index >= 15 is 0 Å². The van der Waals surface area contributed by atoms with Crippen LogP contribution in [-0.2, 0) is 0 Å². The van der Waals surface area contributed by atoms with E-state index in [2.05, 4.69) is 10.6 Å². The lowest BCUT2D eigenvalue weighted by Gasteiger charge is -2.31. The van der Waals surface area contributed by atoms with Gasteiger partial charge in [-0.05, 0) is 32.7 Å². The number of carboxylic acid groups (broad SMARTS) is 1. The summed E-state index contributed by atoms with van der Waals surface area (Å²) < 4.78 is 0. The molecule has 2 atom stereocenters. The zero-order chi connectivity index (χ0) is 12.0. The maximum Gasteiger partial charge on any atom is 0.404 e. The fraction of sp³-hybridized carbons (Fsp3) is 0.917. The molecule has 0 aromatic carbocycles. The summed E-state index contributed by atoms with van der Waals surface area (Å²) in [6, 6.07) is 0.236. The molecule has 0 aliphatic heterocycles. The summed E-state index contributed by atoms with van der Waals surface area (Å²) in [5.41, 5.74) is 0. The highest BCUT2D eigenvalue weighted by Crippen LogP contribution is 2.26. The third-order valence-electron chi connectivity index (χ3n) is 3.63. The van der Waals surface area contributed by atoms with Gasteiger partial charge < -0.3 is 15.7 Å². The SMILES string of the molecule is CNC(C1CCCCCC1)C(C)NC(=O)O. The zero-order valence-electron chi connectivity index (χ0n) is 10.3. The van der Waals surface area contributed by atoms with Crippen LogP contribution in [0.1, 0.15) is 45.4 Å². The molecule has 0 aromatic heterocycles. The molecule has 4 heteroatoms. The molecule has 1 fully saturated rings. The first-order chi connectivity index (χ1) is 7.65. The Kier molecular flexibility index (Phi) is 5.60. The highest BCUT2D eigenvalue weighted by Gasteiger charge is 2.26. The van der Waals surface area contributed by atoms with E-state index in [4.69, 9.17) is 5.11 Å². The van der Waals surface area contributed by atoms with E-state index in [-0.39, 0.29) is 12.1 Å². The zero-order valence-corrected chi connectivity index (χ0v) is 10.3. The van der Waals surface area contributed by atoms with Crippen molar-refractivity contribution in [1.82, 2.24) is 10.6 Å². The molecule has 1 saturated carbocycles. The number of likely N-dealkylation sites (N-methyl/N-ethyl adjacent to an activating group) is 1. The maximum absolute atomic E-state index is 10.6. The van der Waals surface area contributed by atoms with Gasteiger partial charge in [-0.1, -0.05) is 25.7 Å². The van der Waals surface area contributed by atoms with Crippen molar-refractivity contribution in [2.24, 2.45) is 5.92 Å². The molecular weight excluding hydrogens is 204 g/mol. The summed E-state index contributed by atoms with van der Waals surface area (Å²) in [6.07, 6.45) is 6.72. The van der Waals surface area contributed by atoms with Crippen molar-refractivity contribution in [3.8, 4) is 0 Å². The Hall–Kier alpha value is -0.770. The fourth-order valence-corrected chi connectivity index (χ4v) is 2.85. The molecule has 0 spiro atoms. The van der Waals surface area contributed by atoms with Gasteiger partial charge in [0, 0.05) is 12.1 Å². The summed E-state index contributed by atoms with van der Waals surface area (Å²) in [6.45, 7) is 1.94. The minimum Gasteiger partial charge on any atom is -0.465 e. The smallest absolute Gasteiger partial charge is 0.404 e. The number of carbonyl (C=O) groups is 1. The topological polar surface area (TPSA) is 61.4 Å². The van der Waals surface area contributed by atoms with E-state index in [0.29, 0.717) is 5.92 Å². The summed E-state index contributed by atoms with van der Waals surface area (Å²) in [7, 11) is 1.93. The second-order valence-corrected chi connectivity index (χ2v) is 4.80. The fourth-order valence-electron chi connectivity index (χ4n) is 2.85. The summed E-state index contributed by atoms with van der Waals surface area (Å²) in [4.78, 5) is 10.6. The lowest BCUT2D eigenvalue weighted by molar-refractivity contribution is 0.182. The molecule has 0 saturated heterocycles. The molecule has 0 radical (unpaired) electrons. The average Bonchev–Trinajstić information content (AvgIpc) is 2.46. The second kappa shape index (κ2) is 6.74. The first-order valence-electron chi connectivity index (χ1n) is 6.32. The van der Waals surface area contributed by atoms with Crippen molar-refractivity contribution in [3.05, 3.63) is 0 Å². The van der Waals surface area contributed by atoms with Crippen molar-refractivity contribution >= 4 is 6.09 Å². The van der Waals surface area contributed by atoms with Crippen LogP contribution in [0.25, 0.3) is 0 Å². The minimum atomic E-state index is -0.929. The van der Waals surface area contributed by atoms with Gasteiger partial charge in [0.15, 0.2) is 0 Å². The first kappa shape index (κ1) is 13.3. The van der Waals surface area contributed by atoms with Crippen LogP contribution in [0.15, 0.2) is 0 Å². The molecule has 1 aliphatic rings. The van der Waals surface area contributed by atoms with E-state index in [0.717, 1.165) is 0 Å². The van der Waals surface area contributed by atoms with Crippen LogP contribution >= 0.6 is 0 Å². The Morgan fingerprint density at radius 3 is 2.25 bits per heavy atom. The maximum atomic E-state index is 10.6. The van der Waals surface area contributed by atoms with E-state index in [1.54, 1.807) is 0 Å². The van der Waals surface area contributed by atoms with Crippen LogP contribution in [0, 0.1) is 5.92 Å². The molecule has 1 rings (SSSR count). The Morgan fingerprint density at radius 1 is 1.25 bits per heavy atom. The first-order valence-corrected chi connectivity index (χ1v) is 6.32. The van der Waals surface area contributed by atoms with Gasteiger partial charge >= 0.3 is 6.09 Å². The predicted octanol–water partition coefficient (Wildman–Crippen LogP) is 2.20. The standard InChI is InChI=1S/C12H24N2O2/c1-9(14-12(15)16)11(13-2)10-7-5-3-4-6-8-10/h9-11,13-14H,3-8H2,1-2H3,(H,15,16). The molecular formula is C12H24N2O2. The van der Waals surface area contributed by atoms with Crippen LogP contribution in [0.5, 0.6) is 0 Å². The highest BCUT2D eigenvalue weighted by molar-refractivity contribution is 5.64. The van der Waals surface area contributed by atoms with Crippen molar-refractivity contribution in [2.75, 3.05) is 7.05 Å². The number of amides is 1. The Morgan fingerprint density at radius 2 is 1.81 bits per heavy atom. The van der Waals surface area contributed by atoms with Gasteiger partial charge in [0.2, 0.25) is 0 Å². The largest absolute Gasteiger partial charge is 0.465 e. The van der Waals surface area contributed by atoms with E-state index in [1.807, 2.05) is 14.0 Å². The van der Waals surface area contributed by atoms with Gasteiger partial charge in [-0.25, -0.2) is 4.79 Å². The van der Waals surface area contributed by atoms with E-state index < -0.39 is 6.09 Å². The molecule has 94 valence electrons.